The second kappa shape index (κ2) is 11.6. The van der Waals surface area contributed by atoms with Crippen LogP contribution in [0.2, 0.25) is 0 Å². The number of nitrogens with zero attached hydrogens (tertiary/aromatic N) is 3. The molecule has 1 saturated heterocycles. The first kappa shape index (κ1) is 22.1. The summed E-state index contributed by atoms with van der Waals surface area (Å²) in [5.74, 6) is 0.952. The third-order valence-electron chi connectivity index (χ3n) is 5.70. The number of hydrogen-bond acceptors (Lipinski definition) is 3. The number of aliphatic imine (C=N–C) groups is 1. The maximum atomic E-state index is 12.8. The number of benzene rings is 1. The van der Waals surface area contributed by atoms with Crippen LogP contribution in [0.5, 0.6) is 0 Å². The van der Waals surface area contributed by atoms with Crippen LogP contribution in [0.4, 0.5) is 5.69 Å². The highest BCUT2D eigenvalue weighted by atomic mass is 16.2. The van der Waals surface area contributed by atoms with Gasteiger partial charge in [-0.2, -0.15) is 0 Å². The zero-order chi connectivity index (χ0) is 21.2. The number of aryl methyl sites for hydroxylation is 1. The molecule has 0 aromatic heterocycles. The van der Waals surface area contributed by atoms with Crippen molar-refractivity contribution in [1.82, 2.24) is 15.5 Å². The fourth-order valence-electron chi connectivity index (χ4n) is 4.12. The standard InChI is InChI=1S/C23H35N5O2/c1-2-24-23(25-14-9-16-27-15-7-3-4-13-21(27)29)26-18-22(30)28-17-8-11-19-10-5-6-12-20(19)28/h5-6,10,12H,2-4,7-9,11,13-18H2,1H3,(H2,24,25,26). The van der Waals surface area contributed by atoms with E-state index in [0.29, 0.717) is 12.4 Å². The minimum atomic E-state index is 0.0227. The van der Waals surface area contributed by atoms with Crippen LogP contribution in [0.1, 0.15) is 51.0 Å². The van der Waals surface area contributed by atoms with Gasteiger partial charge in [-0.3, -0.25) is 9.59 Å². The van der Waals surface area contributed by atoms with Gasteiger partial charge in [0, 0.05) is 44.8 Å². The molecule has 7 nitrogen and oxygen atoms in total. The molecule has 1 aromatic carbocycles. The largest absolute Gasteiger partial charge is 0.357 e. The highest BCUT2D eigenvalue weighted by Crippen LogP contribution is 2.26. The number of nitrogens with one attached hydrogen (secondary N) is 2. The van der Waals surface area contributed by atoms with E-state index >= 15 is 0 Å². The van der Waals surface area contributed by atoms with Crippen molar-refractivity contribution in [2.45, 2.75) is 51.9 Å². The molecule has 0 spiro atoms. The summed E-state index contributed by atoms with van der Waals surface area (Å²) in [4.78, 5) is 33.2. The van der Waals surface area contributed by atoms with Crippen LogP contribution in [-0.4, -0.2) is 61.9 Å². The molecule has 2 amide bonds. The number of para-hydroxylation sites is 1. The van der Waals surface area contributed by atoms with Crippen molar-refractivity contribution < 1.29 is 9.59 Å². The van der Waals surface area contributed by atoms with Crippen molar-refractivity contribution in [2.24, 2.45) is 4.99 Å². The molecule has 7 heteroatoms. The number of fused-ring (bicyclic) bond motifs is 1. The van der Waals surface area contributed by atoms with Crippen LogP contribution in [0.15, 0.2) is 29.3 Å². The normalized spacial score (nSPS) is 17.4. The number of guanidine groups is 1. The van der Waals surface area contributed by atoms with Gasteiger partial charge in [-0.1, -0.05) is 24.6 Å². The van der Waals surface area contributed by atoms with Crippen LogP contribution in [0, 0.1) is 0 Å². The molecule has 0 unspecified atom stereocenters. The Labute approximate surface area is 179 Å². The lowest BCUT2D eigenvalue weighted by molar-refractivity contribution is -0.130. The van der Waals surface area contributed by atoms with Gasteiger partial charge in [-0.25, -0.2) is 4.99 Å². The molecule has 0 bridgehead atoms. The summed E-state index contributed by atoms with van der Waals surface area (Å²) >= 11 is 0. The average Bonchev–Trinajstić information content (AvgIpc) is 2.98. The zero-order valence-electron chi connectivity index (χ0n) is 18.2. The van der Waals surface area contributed by atoms with Gasteiger partial charge in [0.1, 0.15) is 6.54 Å². The smallest absolute Gasteiger partial charge is 0.248 e. The van der Waals surface area contributed by atoms with Gasteiger partial charge >= 0.3 is 0 Å². The van der Waals surface area contributed by atoms with Gasteiger partial charge < -0.3 is 20.4 Å². The molecular weight excluding hydrogens is 378 g/mol. The summed E-state index contributed by atoms with van der Waals surface area (Å²) in [5, 5.41) is 6.50. The summed E-state index contributed by atoms with van der Waals surface area (Å²) < 4.78 is 0. The third-order valence-corrected chi connectivity index (χ3v) is 5.70. The quantitative estimate of drug-likeness (QED) is 0.409. The van der Waals surface area contributed by atoms with Crippen LogP contribution in [-0.2, 0) is 16.0 Å². The lowest BCUT2D eigenvalue weighted by Crippen LogP contribution is -2.41. The van der Waals surface area contributed by atoms with E-state index in [4.69, 9.17) is 0 Å². The fourth-order valence-corrected chi connectivity index (χ4v) is 4.12. The summed E-state index contributed by atoms with van der Waals surface area (Å²) in [5.41, 5.74) is 2.25. The number of carbonyl (C=O) groups excluding carboxylic acids is 2. The van der Waals surface area contributed by atoms with Gasteiger partial charge in [0.2, 0.25) is 11.8 Å². The van der Waals surface area contributed by atoms with Gasteiger partial charge in [-0.15, -0.1) is 0 Å². The highest BCUT2D eigenvalue weighted by Gasteiger charge is 2.21. The minimum absolute atomic E-state index is 0.0227. The Hall–Kier alpha value is -2.57. The number of rotatable bonds is 7. The van der Waals surface area contributed by atoms with E-state index in [1.165, 1.54) is 5.56 Å². The Morgan fingerprint density at radius 1 is 1.07 bits per heavy atom. The summed E-state index contributed by atoms with van der Waals surface area (Å²) in [6, 6.07) is 8.12. The topological polar surface area (TPSA) is 77.0 Å². The van der Waals surface area contributed by atoms with Crippen molar-refractivity contribution in [2.75, 3.05) is 44.2 Å². The maximum Gasteiger partial charge on any atom is 0.248 e. The monoisotopic (exact) mass is 413 g/mol. The van der Waals surface area contributed by atoms with E-state index in [0.717, 1.165) is 76.9 Å². The number of amides is 2. The molecule has 3 rings (SSSR count). The first-order valence-electron chi connectivity index (χ1n) is 11.4. The SMILES string of the molecule is CCNC(=NCC(=O)N1CCCc2ccccc21)NCCCN1CCCCCC1=O. The first-order valence-corrected chi connectivity index (χ1v) is 11.4. The molecule has 2 aliphatic heterocycles. The van der Waals surface area contributed by atoms with Crippen molar-refractivity contribution >= 4 is 23.5 Å². The third kappa shape index (κ3) is 6.21. The first-order chi connectivity index (χ1) is 14.7. The summed E-state index contributed by atoms with van der Waals surface area (Å²) in [6.07, 6.45) is 6.81. The van der Waals surface area contributed by atoms with Crippen LogP contribution in [0.3, 0.4) is 0 Å². The molecule has 0 radical (unpaired) electrons. The average molecular weight is 414 g/mol. The lowest BCUT2D eigenvalue weighted by atomic mass is 10.0. The maximum absolute atomic E-state index is 12.8. The predicted octanol–water partition coefficient (Wildman–Crippen LogP) is 2.31. The van der Waals surface area contributed by atoms with Crippen molar-refractivity contribution in [1.29, 1.82) is 0 Å². The van der Waals surface area contributed by atoms with Crippen molar-refractivity contribution in [3.8, 4) is 0 Å². The Morgan fingerprint density at radius 2 is 1.93 bits per heavy atom. The van der Waals surface area contributed by atoms with Gasteiger partial charge in [0.25, 0.3) is 0 Å². The second-order valence-corrected chi connectivity index (χ2v) is 7.94. The van der Waals surface area contributed by atoms with Crippen LogP contribution >= 0.6 is 0 Å². The fraction of sp³-hybridized carbons (Fsp3) is 0.609. The molecule has 2 N–H and O–H groups in total. The minimum Gasteiger partial charge on any atom is -0.357 e. The molecule has 0 saturated carbocycles. The molecule has 0 aliphatic carbocycles. The van der Waals surface area contributed by atoms with Crippen molar-refractivity contribution in [3.05, 3.63) is 29.8 Å². The molecule has 1 aromatic rings. The Bertz CT molecular complexity index is 749. The number of hydrogen-bond donors (Lipinski definition) is 2. The number of carbonyl (C=O) groups is 2. The number of anilines is 1. The molecule has 0 atom stereocenters. The van der Waals surface area contributed by atoms with E-state index in [1.807, 2.05) is 34.9 Å². The van der Waals surface area contributed by atoms with Crippen molar-refractivity contribution in [3.63, 3.8) is 0 Å². The lowest BCUT2D eigenvalue weighted by Gasteiger charge is -2.29. The second-order valence-electron chi connectivity index (χ2n) is 7.94. The van der Waals surface area contributed by atoms with Gasteiger partial charge in [0.15, 0.2) is 5.96 Å². The molecular formula is C23H35N5O2. The van der Waals surface area contributed by atoms with E-state index in [1.54, 1.807) is 0 Å². The summed E-state index contributed by atoms with van der Waals surface area (Å²) in [6.45, 7) is 5.98. The molecule has 1 fully saturated rings. The van der Waals surface area contributed by atoms with E-state index in [9.17, 15) is 9.59 Å². The van der Waals surface area contributed by atoms with E-state index in [-0.39, 0.29) is 18.4 Å². The van der Waals surface area contributed by atoms with Crippen LogP contribution < -0.4 is 15.5 Å². The summed E-state index contributed by atoms with van der Waals surface area (Å²) in [7, 11) is 0. The molecule has 2 aliphatic rings. The van der Waals surface area contributed by atoms with E-state index in [2.05, 4.69) is 21.7 Å². The predicted molar refractivity (Wildman–Crippen MR) is 121 cm³/mol. The van der Waals surface area contributed by atoms with E-state index < -0.39 is 0 Å². The van der Waals surface area contributed by atoms with Crippen LogP contribution in [0.25, 0.3) is 0 Å². The molecule has 2 heterocycles. The Kier molecular flexibility index (Phi) is 8.53. The molecule has 30 heavy (non-hydrogen) atoms. The zero-order valence-corrected chi connectivity index (χ0v) is 18.2. The Balaban J connectivity index is 1.48. The highest BCUT2D eigenvalue weighted by molar-refractivity contribution is 5.97. The van der Waals surface area contributed by atoms with Gasteiger partial charge in [-0.05, 0) is 50.7 Å². The Morgan fingerprint density at radius 3 is 2.80 bits per heavy atom. The number of likely N-dealkylation sites (tertiary alicyclic amines) is 1. The van der Waals surface area contributed by atoms with Gasteiger partial charge in [0.05, 0.1) is 0 Å². The molecule has 164 valence electrons.